The first-order valence-electron chi connectivity index (χ1n) is 3.30. The largest absolute Gasteiger partial charge is 1.00 e. The molecule has 2 heteroatoms. The first-order chi connectivity index (χ1) is 3.79. The van der Waals surface area contributed by atoms with Gasteiger partial charge in [0.05, 0.1) is 6.10 Å². The molecule has 1 aliphatic carbocycles. The van der Waals surface area contributed by atoms with E-state index in [-0.39, 0.29) is 57.5 Å². The summed E-state index contributed by atoms with van der Waals surface area (Å²) >= 11 is 0. The van der Waals surface area contributed by atoms with E-state index >= 15 is 0 Å². The zero-order chi connectivity index (χ0) is 5.98. The van der Waals surface area contributed by atoms with Gasteiger partial charge in [0, 0.05) is 0 Å². The van der Waals surface area contributed by atoms with E-state index in [1.807, 2.05) is 0 Å². The molecule has 0 aromatic rings. The molecule has 0 spiro atoms. The van der Waals surface area contributed by atoms with E-state index in [0.717, 1.165) is 25.7 Å². The minimum atomic E-state index is -0.0204. The Morgan fingerprint density at radius 1 is 1.11 bits per heavy atom. The Hall–Kier alpha value is 1.60. The Labute approximate surface area is 99.6 Å². The third-order valence-corrected chi connectivity index (χ3v) is 1.82. The number of aliphatic hydroxyl groups excluding tert-OH is 1. The molecule has 0 amide bonds. The summed E-state index contributed by atoms with van der Waals surface area (Å²) in [5.74, 6) is 0.610. The maximum absolute atomic E-state index is 9.00. The maximum Gasteiger partial charge on any atom is 1.00 e. The molecule has 0 radical (unpaired) electrons. The van der Waals surface area contributed by atoms with Crippen molar-refractivity contribution in [3.05, 3.63) is 6.92 Å². The monoisotopic (exact) mass is 152 g/mol. The van der Waals surface area contributed by atoms with E-state index in [0.29, 0.717) is 5.92 Å². The summed E-state index contributed by atoms with van der Waals surface area (Å²) in [5.41, 5.74) is 0. The fraction of sp³-hybridized carbons (Fsp3) is 0.857. The van der Waals surface area contributed by atoms with Crippen LogP contribution in [0.1, 0.15) is 25.7 Å². The zero-order valence-corrected chi connectivity index (χ0v) is 9.26. The van der Waals surface area contributed by atoms with Crippen molar-refractivity contribution in [2.45, 2.75) is 31.8 Å². The van der Waals surface area contributed by atoms with E-state index in [1.54, 1.807) is 0 Å². The predicted octanol–water partition coefficient (Wildman–Crippen LogP) is -1.62. The SMILES string of the molecule is [CH2-]C1CCC(O)CC1.[K+]. The molecule has 0 bridgehead atoms. The quantitative estimate of drug-likeness (QED) is 0.327. The fourth-order valence-electron chi connectivity index (χ4n) is 1.14. The summed E-state index contributed by atoms with van der Waals surface area (Å²) in [6, 6.07) is 0. The number of aliphatic hydroxyl groups is 1. The van der Waals surface area contributed by atoms with E-state index < -0.39 is 0 Å². The van der Waals surface area contributed by atoms with Crippen molar-refractivity contribution in [3.8, 4) is 0 Å². The molecule has 0 saturated heterocycles. The molecule has 0 heterocycles. The molecule has 0 aliphatic heterocycles. The van der Waals surface area contributed by atoms with Crippen LogP contribution in [0.4, 0.5) is 0 Å². The smallest absolute Gasteiger partial charge is 0.393 e. The Bertz CT molecular complexity index is 57.3. The van der Waals surface area contributed by atoms with Crippen molar-refractivity contribution < 1.29 is 56.5 Å². The Balaban J connectivity index is 0.000000640. The summed E-state index contributed by atoms with van der Waals surface area (Å²) < 4.78 is 0. The van der Waals surface area contributed by atoms with Gasteiger partial charge in [0.15, 0.2) is 0 Å². The van der Waals surface area contributed by atoms with Crippen LogP contribution in [-0.4, -0.2) is 11.2 Å². The zero-order valence-electron chi connectivity index (χ0n) is 6.14. The van der Waals surface area contributed by atoms with Gasteiger partial charge in [0.2, 0.25) is 0 Å². The number of hydrogen-bond acceptors (Lipinski definition) is 1. The molecule has 0 aromatic heterocycles. The summed E-state index contributed by atoms with van der Waals surface area (Å²) in [5, 5.41) is 9.00. The van der Waals surface area contributed by atoms with Crippen molar-refractivity contribution in [3.63, 3.8) is 0 Å². The number of rotatable bonds is 0. The van der Waals surface area contributed by atoms with Crippen molar-refractivity contribution in [1.82, 2.24) is 0 Å². The van der Waals surface area contributed by atoms with Gasteiger partial charge >= 0.3 is 51.4 Å². The van der Waals surface area contributed by atoms with Crippen molar-refractivity contribution in [1.29, 1.82) is 0 Å². The Kier molecular flexibility index (Phi) is 6.21. The van der Waals surface area contributed by atoms with Crippen LogP contribution in [0.15, 0.2) is 0 Å². The van der Waals surface area contributed by atoms with Crippen molar-refractivity contribution >= 4 is 0 Å². The second-order valence-corrected chi connectivity index (χ2v) is 2.67. The first kappa shape index (κ1) is 10.6. The second-order valence-electron chi connectivity index (χ2n) is 2.67. The molecular weight excluding hydrogens is 139 g/mol. The summed E-state index contributed by atoms with van der Waals surface area (Å²) in [6.45, 7) is 3.92. The molecule has 1 nitrogen and oxygen atoms in total. The van der Waals surface area contributed by atoms with Gasteiger partial charge in [-0.05, 0) is 12.8 Å². The predicted molar refractivity (Wildman–Crippen MR) is 33.3 cm³/mol. The van der Waals surface area contributed by atoms with Gasteiger partial charge in [-0.3, -0.25) is 0 Å². The topological polar surface area (TPSA) is 20.2 Å². The molecule has 1 rings (SSSR count). The maximum atomic E-state index is 9.00. The van der Waals surface area contributed by atoms with Crippen LogP contribution in [-0.2, 0) is 0 Å². The molecule has 1 N–H and O–H groups in total. The summed E-state index contributed by atoms with van der Waals surface area (Å²) in [4.78, 5) is 0. The molecule has 1 fully saturated rings. The fourth-order valence-corrected chi connectivity index (χ4v) is 1.14. The van der Waals surface area contributed by atoms with Gasteiger partial charge in [-0.2, -0.15) is 5.92 Å². The Morgan fingerprint density at radius 3 is 1.89 bits per heavy atom. The molecule has 0 atom stereocenters. The standard InChI is InChI=1S/C7H13O.K/c1-6-2-4-7(8)5-3-6;/h6-8H,1-5H2;/q-1;+1. The minimum absolute atomic E-state index is 0. The van der Waals surface area contributed by atoms with Crippen molar-refractivity contribution in [2.75, 3.05) is 0 Å². The molecular formula is C7H13KO. The van der Waals surface area contributed by atoms with Crippen LogP contribution in [0.3, 0.4) is 0 Å². The molecule has 0 aromatic carbocycles. The molecule has 9 heavy (non-hydrogen) atoms. The summed E-state index contributed by atoms with van der Waals surface area (Å²) in [6.07, 6.45) is 4.14. The normalized spacial score (nSPS) is 35.3. The van der Waals surface area contributed by atoms with E-state index in [1.165, 1.54) is 0 Å². The van der Waals surface area contributed by atoms with Gasteiger partial charge in [0.1, 0.15) is 0 Å². The first-order valence-corrected chi connectivity index (χ1v) is 3.30. The molecule has 0 unspecified atom stereocenters. The van der Waals surface area contributed by atoms with E-state index in [2.05, 4.69) is 6.92 Å². The van der Waals surface area contributed by atoms with Crippen LogP contribution in [0, 0.1) is 12.8 Å². The van der Waals surface area contributed by atoms with Crippen LogP contribution in [0.2, 0.25) is 0 Å². The van der Waals surface area contributed by atoms with Gasteiger partial charge in [-0.1, -0.05) is 12.8 Å². The van der Waals surface area contributed by atoms with Crippen LogP contribution >= 0.6 is 0 Å². The minimum Gasteiger partial charge on any atom is -0.393 e. The van der Waals surface area contributed by atoms with E-state index in [9.17, 15) is 0 Å². The van der Waals surface area contributed by atoms with Gasteiger partial charge in [0.25, 0.3) is 0 Å². The van der Waals surface area contributed by atoms with Crippen LogP contribution < -0.4 is 51.4 Å². The Morgan fingerprint density at radius 2 is 1.56 bits per heavy atom. The van der Waals surface area contributed by atoms with Crippen LogP contribution in [0.25, 0.3) is 0 Å². The second kappa shape index (κ2) is 5.27. The van der Waals surface area contributed by atoms with Gasteiger partial charge in [-0.15, -0.1) is 0 Å². The average molecular weight is 152 g/mol. The third-order valence-electron chi connectivity index (χ3n) is 1.82. The van der Waals surface area contributed by atoms with Crippen LogP contribution in [0.5, 0.6) is 0 Å². The molecule has 1 aliphatic rings. The van der Waals surface area contributed by atoms with Gasteiger partial charge in [-0.25, -0.2) is 0 Å². The average Bonchev–Trinajstić information content (AvgIpc) is 1.77. The number of hydrogen-bond donors (Lipinski definition) is 1. The molecule has 1 saturated carbocycles. The third kappa shape index (κ3) is 4.12. The molecule has 48 valence electrons. The van der Waals surface area contributed by atoms with E-state index in [4.69, 9.17) is 5.11 Å². The summed E-state index contributed by atoms with van der Waals surface area (Å²) in [7, 11) is 0. The van der Waals surface area contributed by atoms with Gasteiger partial charge < -0.3 is 12.0 Å². The van der Waals surface area contributed by atoms with Crippen molar-refractivity contribution in [2.24, 2.45) is 5.92 Å².